The Balaban J connectivity index is 2.43. The number of nitrogens with zero attached hydrogens (tertiary/aromatic N) is 1. The highest BCUT2D eigenvalue weighted by Crippen LogP contribution is 2.23. The van der Waals surface area contributed by atoms with Crippen LogP contribution >= 0.6 is 12.2 Å². The molecule has 1 aromatic rings. The molecule has 0 radical (unpaired) electrons. The van der Waals surface area contributed by atoms with Crippen LogP contribution in [0.5, 0.6) is 0 Å². The van der Waals surface area contributed by atoms with E-state index in [-0.39, 0.29) is 6.10 Å². The second-order valence-electron chi connectivity index (χ2n) is 3.87. The minimum atomic E-state index is 0.0394. The Morgan fingerprint density at radius 1 is 1.53 bits per heavy atom. The van der Waals surface area contributed by atoms with Crippen LogP contribution in [0.2, 0.25) is 0 Å². The zero-order chi connectivity index (χ0) is 10.8. The molecule has 0 bridgehead atoms. The minimum Gasteiger partial charge on any atom is -0.374 e. The SMILES string of the molecule is CCC(OC)c1nc(=S)c2c([nH]1)CCC2. The summed E-state index contributed by atoms with van der Waals surface area (Å²) >= 11 is 5.29. The molecule has 82 valence electrons. The molecule has 1 aromatic heterocycles. The molecule has 0 aromatic carbocycles. The number of rotatable bonds is 3. The molecule has 1 atom stereocenters. The van der Waals surface area contributed by atoms with Crippen LogP contribution in [0.4, 0.5) is 0 Å². The first-order chi connectivity index (χ1) is 7.26. The first-order valence-electron chi connectivity index (χ1n) is 5.41. The van der Waals surface area contributed by atoms with Gasteiger partial charge in [0.15, 0.2) is 0 Å². The Morgan fingerprint density at radius 3 is 3.00 bits per heavy atom. The third-order valence-corrected chi connectivity index (χ3v) is 3.27. The second-order valence-corrected chi connectivity index (χ2v) is 4.26. The fraction of sp³-hybridized carbons (Fsp3) is 0.636. The topological polar surface area (TPSA) is 37.9 Å². The maximum absolute atomic E-state index is 5.36. The summed E-state index contributed by atoms with van der Waals surface area (Å²) in [5.41, 5.74) is 2.50. The number of fused-ring (bicyclic) bond motifs is 1. The Bertz CT molecular complexity index is 410. The smallest absolute Gasteiger partial charge is 0.137 e. The van der Waals surface area contributed by atoms with Crippen molar-refractivity contribution < 1.29 is 4.74 Å². The van der Waals surface area contributed by atoms with Crippen molar-refractivity contribution in [1.82, 2.24) is 9.97 Å². The average Bonchev–Trinajstić information content (AvgIpc) is 2.68. The molecule has 0 amide bonds. The number of hydrogen-bond donors (Lipinski definition) is 1. The van der Waals surface area contributed by atoms with Gasteiger partial charge in [-0.15, -0.1) is 0 Å². The average molecular weight is 224 g/mol. The summed E-state index contributed by atoms with van der Waals surface area (Å²) in [5.74, 6) is 0.880. The first kappa shape index (κ1) is 10.8. The Morgan fingerprint density at radius 2 is 2.33 bits per heavy atom. The van der Waals surface area contributed by atoms with Gasteiger partial charge in [0.25, 0.3) is 0 Å². The van der Waals surface area contributed by atoms with E-state index in [0.717, 1.165) is 29.7 Å². The van der Waals surface area contributed by atoms with Gasteiger partial charge in [0.05, 0.1) is 0 Å². The molecule has 0 aliphatic heterocycles. The summed E-state index contributed by atoms with van der Waals surface area (Å²) in [6.07, 6.45) is 4.30. The number of aromatic amines is 1. The van der Waals surface area contributed by atoms with Crippen LogP contribution in [-0.2, 0) is 17.6 Å². The highest BCUT2D eigenvalue weighted by Gasteiger charge is 2.18. The lowest BCUT2D eigenvalue weighted by molar-refractivity contribution is 0.0923. The lowest BCUT2D eigenvalue weighted by Gasteiger charge is -2.13. The van der Waals surface area contributed by atoms with Gasteiger partial charge in [-0.25, -0.2) is 4.98 Å². The van der Waals surface area contributed by atoms with Crippen molar-refractivity contribution in [3.63, 3.8) is 0 Å². The van der Waals surface area contributed by atoms with Crippen LogP contribution in [0.25, 0.3) is 0 Å². The van der Waals surface area contributed by atoms with Gasteiger partial charge in [-0.1, -0.05) is 19.1 Å². The molecule has 4 heteroatoms. The van der Waals surface area contributed by atoms with E-state index in [1.807, 2.05) is 0 Å². The summed E-state index contributed by atoms with van der Waals surface area (Å²) in [7, 11) is 1.71. The molecule has 0 fully saturated rings. The van der Waals surface area contributed by atoms with E-state index in [9.17, 15) is 0 Å². The van der Waals surface area contributed by atoms with Gasteiger partial charge in [0, 0.05) is 18.4 Å². The summed E-state index contributed by atoms with van der Waals surface area (Å²) in [6, 6.07) is 0. The molecule has 0 saturated heterocycles. The lowest BCUT2D eigenvalue weighted by Crippen LogP contribution is -2.08. The van der Waals surface area contributed by atoms with Crippen LogP contribution in [0.15, 0.2) is 0 Å². The van der Waals surface area contributed by atoms with E-state index >= 15 is 0 Å². The number of hydrogen-bond acceptors (Lipinski definition) is 3. The summed E-state index contributed by atoms with van der Waals surface area (Å²) in [6.45, 7) is 2.08. The van der Waals surface area contributed by atoms with E-state index in [4.69, 9.17) is 17.0 Å². The predicted molar refractivity (Wildman–Crippen MR) is 61.5 cm³/mol. The molecule has 0 saturated carbocycles. The summed E-state index contributed by atoms with van der Waals surface area (Å²) in [5, 5.41) is 0. The van der Waals surface area contributed by atoms with Crippen LogP contribution < -0.4 is 0 Å². The number of H-pyrrole nitrogens is 1. The number of nitrogens with one attached hydrogen (secondary N) is 1. The Kier molecular flexibility index (Phi) is 3.17. The maximum atomic E-state index is 5.36. The van der Waals surface area contributed by atoms with Gasteiger partial charge >= 0.3 is 0 Å². The van der Waals surface area contributed by atoms with Gasteiger partial charge in [-0.2, -0.15) is 0 Å². The van der Waals surface area contributed by atoms with Crippen LogP contribution in [0.3, 0.4) is 0 Å². The van der Waals surface area contributed by atoms with Crippen molar-refractivity contribution in [3.05, 3.63) is 21.7 Å². The Labute approximate surface area is 94.9 Å². The molecule has 1 unspecified atom stereocenters. The third kappa shape index (κ3) is 1.96. The van der Waals surface area contributed by atoms with Gasteiger partial charge in [-0.05, 0) is 25.7 Å². The first-order valence-corrected chi connectivity index (χ1v) is 5.81. The van der Waals surface area contributed by atoms with E-state index in [1.54, 1.807) is 7.11 Å². The standard InChI is InChI=1S/C11H16N2OS/c1-3-9(14-2)10-12-8-6-4-5-7(8)11(15)13-10/h9H,3-6H2,1-2H3,(H,12,13,15). The van der Waals surface area contributed by atoms with Crippen molar-refractivity contribution in [2.24, 2.45) is 0 Å². The number of aryl methyl sites for hydroxylation is 1. The molecule has 15 heavy (non-hydrogen) atoms. The van der Waals surface area contributed by atoms with E-state index in [2.05, 4.69) is 16.9 Å². The number of methoxy groups -OCH3 is 1. The molecular weight excluding hydrogens is 208 g/mol. The highest BCUT2D eigenvalue weighted by atomic mass is 32.1. The van der Waals surface area contributed by atoms with E-state index < -0.39 is 0 Å². The largest absolute Gasteiger partial charge is 0.374 e. The van der Waals surface area contributed by atoms with Crippen LogP contribution in [0.1, 0.15) is 43.0 Å². The van der Waals surface area contributed by atoms with Gasteiger partial charge < -0.3 is 9.72 Å². The summed E-state index contributed by atoms with van der Waals surface area (Å²) in [4.78, 5) is 7.79. The van der Waals surface area contributed by atoms with E-state index in [0.29, 0.717) is 0 Å². The molecule has 2 rings (SSSR count). The predicted octanol–water partition coefficient (Wildman–Crippen LogP) is 2.73. The van der Waals surface area contributed by atoms with Crippen molar-refractivity contribution >= 4 is 12.2 Å². The zero-order valence-electron chi connectivity index (χ0n) is 9.17. The van der Waals surface area contributed by atoms with Crippen LogP contribution in [0, 0.1) is 4.64 Å². The minimum absolute atomic E-state index is 0.0394. The summed E-state index contributed by atoms with van der Waals surface area (Å²) < 4.78 is 6.12. The molecular formula is C11H16N2OS. The highest BCUT2D eigenvalue weighted by molar-refractivity contribution is 7.71. The molecule has 3 nitrogen and oxygen atoms in total. The van der Waals surface area contributed by atoms with Crippen molar-refractivity contribution in [1.29, 1.82) is 0 Å². The molecule has 1 N–H and O–H groups in total. The normalized spacial score (nSPS) is 16.4. The fourth-order valence-electron chi connectivity index (χ4n) is 2.10. The molecule has 1 heterocycles. The van der Waals surface area contributed by atoms with Crippen molar-refractivity contribution in [2.75, 3.05) is 7.11 Å². The Hall–Kier alpha value is -0.740. The third-order valence-electron chi connectivity index (χ3n) is 2.94. The lowest BCUT2D eigenvalue weighted by atomic mass is 10.2. The monoisotopic (exact) mass is 224 g/mol. The number of aromatic nitrogens is 2. The van der Waals surface area contributed by atoms with Crippen molar-refractivity contribution in [2.45, 2.75) is 38.7 Å². The number of ether oxygens (including phenoxy) is 1. The van der Waals surface area contributed by atoms with Crippen molar-refractivity contribution in [3.8, 4) is 0 Å². The van der Waals surface area contributed by atoms with Gasteiger partial charge in [0.2, 0.25) is 0 Å². The second kappa shape index (κ2) is 4.41. The maximum Gasteiger partial charge on any atom is 0.137 e. The van der Waals surface area contributed by atoms with E-state index in [1.165, 1.54) is 17.7 Å². The molecule has 1 aliphatic rings. The van der Waals surface area contributed by atoms with Crippen LogP contribution in [-0.4, -0.2) is 17.1 Å². The quantitative estimate of drug-likeness (QED) is 0.802. The molecule has 1 aliphatic carbocycles. The fourth-order valence-corrected chi connectivity index (χ4v) is 2.42. The zero-order valence-corrected chi connectivity index (χ0v) is 9.99. The molecule has 0 spiro atoms. The van der Waals surface area contributed by atoms with Gasteiger partial charge in [0.1, 0.15) is 16.6 Å². The van der Waals surface area contributed by atoms with Gasteiger partial charge in [-0.3, -0.25) is 0 Å².